The number of rotatable bonds is 16. The first kappa shape index (κ1) is 28.4. The first-order chi connectivity index (χ1) is 17.6. The molecule has 3 aromatic carbocycles. The maximum absolute atomic E-state index is 6.75. The molecule has 0 aliphatic rings. The van der Waals surface area contributed by atoms with Crippen molar-refractivity contribution in [3.63, 3.8) is 0 Å². The molecule has 0 N–H and O–H groups in total. The fourth-order valence-corrected chi connectivity index (χ4v) is 5.19. The Hall–Kier alpha value is -2.22. The number of hydrogen-bond donors (Lipinski definition) is 0. The molecule has 2 nitrogen and oxygen atoms in total. The van der Waals surface area contributed by atoms with Crippen molar-refractivity contribution in [3.8, 4) is 11.5 Å². The Labute approximate surface area is 220 Å². The van der Waals surface area contributed by atoms with E-state index in [2.05, 4.69) is 77.9 Å². The van der Waals surface area contributed by atoms with Crippen molar-refractivity contribution in [2.75, 3.05) is 13.2 Å². The third kappa shape index (κ3) is 6.96. The predicted octanol–water partition coefficient (Wildman–Crippen LogP) is 10.3. The highest BCUT2D eigenvalue weighted by atomic mass is 16.5. The molecule has 3 aromatic rings. The summed E-state index contributed by atoms with van der Waals surface area (Å²) in [5.74, 6) is 3.27. The Morgan fingerprint density at radius 3 is 1.31 bits per heavy atom. The summed E-state index contributed by atoms with van der Waals surface area (Å²) in [5, 5.41) is 4.78. The molecular weight excluding hydrogens is 440 g/mol. The molecule has 0 bridgehead atoms. The van der Waals surface area contributed by atoms with E-state index in [0.29, 0.717) is 11.8 Å². The topological polar surface area (TPSA) is 18.5 Å². The van der Waals surface area contributed by atoms with Crippen molar-refractivity contribution < 1.29 is 9.47 Å². The molecule has 0 spiro atoms. The summed E-state index contributed by atoms with van der Waals surface area (Å²) < 4.78 is 13.5. The maximum Gasteiger partial charge on any atom is 0.135 e. The van der Waals surface area contributed by atoms with Gasteiger partial charge in [-0.25, -0.2) is 0 Å². The standard InChI is InChI=1S/C34H50O2/c1-7-13-15-27(11-5)23-35-33-29-19-17-26(10-4)22-32(29)34(36-24-28(12-6)16-14-8-2)30-20-18-25(9-3)21-31(30)33/h17-22,27-28H,7-16,23-24H2,1-6H3. The van der Waals surface area contributed by atoms with Gasteiger partial charge in [0.15, 0.2) is 0 Å². The van der Waals surface area contributed by atoms with Crippen LogP contribution in [0.4, 0.5) is 0 Å². The van der Waals surface area contributed by atoms with Crippen LogP contribution in [0.2, 0.25) is 0 Å². The molecule has 0 aromatic heterocycles. The quantitative estimate of drug-likeness (QED) is 0.186. The second kappa shape index (κ2) is 14.5. The molecule has 198 valence electrons. The highest BCUT2D eigenvalue weighted by Gasteiger charge is 2.19. The second-order valence-electron chi connectivity index (χ2n) is 10.6. The molecule has 2 heteroatoms. The average molecular weight is 491 g/mol. The molecule has 2 unspecified atom stereocenters. The van der Waals surface area contributed by atoms with E-state index < -0.39 is 0 Å². The van der Waals surface area contributed by atoms with Crippen LogP contribution in [0.5, 0.6) is 11.5 Å². The van der Waals surface area contributed by atoms with Gasteiger partial charge in [0.2, 0.25) is 0 Å². The van der Waals surface area contributed by atoms with Crippen LogP contribution in [0.3, 0.4) is 0 Å². The summed E-state index contributed by atoms with van der Waals surface area (Å²) in [6, 6.07) is 13.8. The molecule has 2 atom stereocenters. The van der Waals surface area contributed by atoms with Crippen molar-refractivity contribution in [2.24, 2.45) is 11.8 Å². The number of aryl methyl sites for hydroxylation is 2. The minimum atomic E-state index is 0.596. The van der Waals surface area contributed by atoms with Crippen LogP contribution in [-0.4, -0.2) is 13.2 Å². The molecule has 3 rings (SSSR count). The normalized spacial score (nSPS) is 13.3. The fourth-order valence-electron chi connectivity index (χ4n) is 5.19. The lowest BCUT2D eigenvalue weighted by molar-refractivity contribution is 0.234. The highest BCUT2D eigenvalue weighted by Crippen LogP contribution is 2.44. The molecule has 0 amide bonds. The van der Waals surface area contributed by atoms with Gasteiger partial charge >= 0.3 is 0 Å². The number of unbranched alkanes of at least 4 members (excludes halogenated alkanes) is 2. The number of benzene rings is 3. The third-order valence-corrected chi connectivity index (χ3v) is 7.98. The van der Waals surface area contributed by atoms with E-state index in [4.69, 9.17) is 9.47 Å². The van der Waals surface area contributed by atoms with Crippen molar-refractivity contribution in [1.82, 2.24) is 0 Å². The molecule has 0 saturated heterocycles. The second-order valence-corrected chi connectivity index (χ2v) is 10.6. The first-order valence-corrected chi connectivity index (χ1v) is 14.9. The zero-order valence-electron chi connectivity index (χ0n) is 23.9. The van der Waals surface area contributed by atoms with E-state index >= 15 is 0 Å². The van der Waals surface area contributed by atoms with E-state index in [0.717, 1.165) is 50.4 Å². The zero-order chi connectivity index (χ0) is 25.9. The minimum absolute atomic E-state index is 0.596. The van der Waals surface area contributed by atoms with Crippen molar-refractivity contribution >= 4 is 21.5 Å². The Bertz CT molecular complexity index is 996. The van der Waals surface area contributed by atoms with Crippen LogP contribution in [0, 0.1) is 11.8 Å². The Morgan fingerprint density at radius 1 is 0.556 bits per heavy atom. The van der Waals surface area contributed by atoms with Crippen LogP contribution in [0.15, 0.2) is 36.4 Å². The molecule has 36 heavy (non-hydrogen) atoms. The van der Waals surface area contributed by atoms with E-state index in [1.807, 2.05) is 0 Å². The van der Waals surface area contributed by atoms with Gasteiger partial charge in [0, 0.05) is 21.5 Å². The SMILES string of the molecule is CCCCC(CC)COc1c2ccc(CC)cc2c(OCC(CC)CCCC)c2ccc(CC)cc12. The largest absolute Gasteiger partial charge is 0.492 e. The van der Waals surface area contributed by atoms with Gasteiger partial charge in [0.05, 0.1) is 13.2 Å². The van der Waals surface area contributed by atoms with E-state index in [1.54, 1.807) is 0 Å². The number of fused-ring (bicyclic) bond motifs is 2. The van der Waals surface area contributed by atoms with Gasteiger partial charge < -0.3 is 9.47 Å². The Kier molecular flexibility index (Phi) is 11.4. The molecule has 0 heterocycles. The smallest absolute Gasteiger partial charge is 0.135 e. The van der Waals surface area contributed by atoms with Crippen molar-refractivity contribution in [1.29, 1.82) is 0 Å². The number of hydrogen-bond acceptors (Lipinski definition) is 2. The van der Waals surface area contributed by atoms with Crippen LogP contribution in [0.25, 0.3) is 21.5 Å². The average Bonchev–Trinajstić information content (AvgIpc) is 2.92. The predicted molar refractivity (Wildman–Crippen MR) is 158 cm³/mol. The molecule has 0 radical (unpaired) electrons. The van der Waals surface area contributed by atoms with E-state index in [-0.39, 0.29) is 0 Å². The van der Waals surface area contributed by atoms with Gasteiger partial charge in [0.1, 0.15) is 11.5 Å². The Balaban J connectivity index is 2.12. The van der Waals surface area contributed by atoms with Crippen LogP contribution < -0.4 is 9.47 Å². The van der Waals surface area contributed by atoms with Crippen LogP contribution in [-0.2, 0) is 12.8 Å². The van der Waals surface area contributed by atoms with Gasteiger partial charge in [-0.3, -0.25) is 0 Å². The molecule has 0 aliphatic carbocycles. The molecule has 0 saturated carbocycles. The fraction of sp³-hybridized carbons (Fsp3) is 0.588. The van der Waals surface area contributed by atoms with Gasteiger partial charge in [0.25, 0.3) is 0 Å². The summed E-state index contributed by atoms with van der Waals surface area (Å²) in [6.07, 6.45) is 11.8. The van der Waals surface area contributed by atoms with E-state index in [1.165, 1.54) is 71.2 Å². The summed E-state index contributed by atoms with van der Waals surface area (Å²) in [4.78, 5) is 0. The van der Waals surface area contributed by atoms with Gasteiger partial charge in [-0.2, -0.15) is 0 Å². The summed E-state index contributed by atoms with van der Waals surface area (Å²) >= 11 is 0. The first-order valence-electron chi connectivity index (χ1n) is 14.9. The monoisotopic (exact) mass is 490 g/mol. The van der Waals surface area contributed by atoms with Crippen LogP contribution >= 0.6 is 0 Å². The van der Waals surface area contributed by atoms with Gasteiger partial charge in [-0.15, -0.1) is 0 Å². The summed E-state index contributed by atoms with van der Waals surface area (Å²) in [6.45, 7) is 15.1. The van der Waals surface area contributed by atoms with Gasteiger partial charge in [-0.05, 0) is 60.8 Å². The Morgan fingerprint density at radius 2 is 0.972 bits per heavy atom. The third-order valence-electron chi connectivity index (χ3n) is 7.98. The maximum atomic E-state index is 6.75. The minimum Gasteiger partial charge on any atom is -0.492 e. The molecule has 0 aliphatic heterocycles. The zero-order valence-corrected chi connectivity index (χ0v) is 23.9. The summed E-state index contributed by atoms with van der Waals surface area (Å²) in [5.41, 5.74) is 2.69. The highest BCUT2D eigenvalue weighted by molar-refractivity contribution is 6.11. The van der Waals surface area contributed by atoms with Crippen LogP contribution in [0.1, 0.15) is 104 Å². The van der Waals surface area contributed by atoms with Crippen molar-refractivity contribution in [2.45, 2.75) is 106 Å². The lowest BCUT2D eigenvalue weighted by atomic mass is 9.95. The summed E-state index contributed by atoms with van der Waals surface area (Å²) in [7, 11) is 0. The van der Waals surface area contributed by atoms with Crippen molar-refractivity contribution in [3.05, 3.63) is 47.5 Å². The lowest BCUT2D eigenvalue weighted by Gasteiger charge is -2.22. The van der Waals surface area contributed by atoms with E-state index in [9.17, 15) is 0 Å². The molecular formula is C34H50O2. The molecule has 0 fully saturated rings. The number of ether oxygens (including phenoxy) is 2. The van der Waals surface area contributed by atoms with Gasteiger partial charge in [-0.1, -0.05) is 104 Å². The lowest BCUT2D eigenvalue weighted by Crippen LogP contribution is -2.13.